The lowest BCUT2D eigenvalue weighted by molar-refractivity contribution is -0.0591. The Morgan fingerprint density at radius 2 is 1.80 bits per heavy atom. The number of ether oxygens (including phenoxy) is 1. The number of hydrogen-bond donors (Lipinski definition) is 5. The van der Waals surface area contributed by atoms with E-state index < -0.39 is 24.8 Å². The SMILES string of the molecule is CCC(NC(N)N)N(C(=O)OC1CCC2(C)C(=CCC3C2CCC2(C)C(C(C)CCCC(C)C)CCC32)C1)C(C)=NC(N)N. The quantitative estimate of drug-likeness (QED) is 0.0827. The maximum Gasteiger partial charge on any atom is 0.416 e. The highest BCUT2D eigenvalue weighted by molar-refractivity contribution is 5.94. The molecule has 252 valence electrons. The molecule has 0 aromatic carbocycles. The molecule has 4 aliphatic carbocycles. The number of carbonyl (C=O) groups is 1. The van der Waals surface area contributed by atoms with Gasteiger partial charge in [0.15, 0.2) is 6.29 Å². The lowest BCUT2D eigenvalue weighted by atomic mass is 9.47. The Hall–Kier alpha value is -1.52. The van der Waals surface area contributed by atoms with Gasteiger partial charge in [-0.15, -0.1) is 0 Å². The van der Waals surface area contributed by atoms with E-state index in [0.29, 0.717) is 17.7 Å². The number of hydrogen-bond acceptors (Lipinski definition) is 8. The molecule has 0 bridgehead atoms. The van der Waals surface area contributed by atoms with Gasteiger partial charge >= 0.3 is 6.09 Å². The largest absolute Gasteiger partial charge is 0.445 e. The topological polar surface area (TPSA) is 158 Å². The second-order valence-corrected chi connectivity index (χ2v) is 15.7. The second kappa shape index (κ2) is 14.5. The maximum atomic E-state index is 13.6. The summed E-state index contributed by atoms with van der Waals surface area (Å²) in [5.74, 6) is 5.21. The number of nitrogens with one attached hydrogen (secondary N) is 1. The van der Waals surface area contributed by atoms with Gasteiger partial charge in [-0.2, -0.15) is 0 Å². The Morgan fingerprint density at radius 1 is 1.07 bits per heavy atom. The van der Waals surface area contributed by atoms with Gasteiger partial charge in [0.05, 0.1) is 6.17 Å². The zero-order chi connectivity index (χ0) is 32.4. The van der Waals surface area contributed by atoms with Crippen molar-refractivity contribution in [1.29, 1.82) is 0 Å². The van der Waals surface area contributed by atoms with Crippen LogP contribution in [0.2, 0.25) is 0 Å². The van der Waals surface area contributed by atoms with Crippen molar-refractivity contribution in [3.05, 3.63) is 11.6 Å². The van der Waals surface area contributed by atoms with E-state index >= 15 is 0 Å². The highest BCUT2D eigenvalue weighted by atomic mass is 16.6. The highest BCUT2D eigenvalue weighted by Gasteiger charge is 2.59. The Kier molecular flexibility index (Phi) is 11.6. The third kappa shape index (κ3) is 7.38. The number of nitrogens with two attached hydrogens (primary N) is 4. The summed E-state index contributed by atoms with van der Waals surface area (Å²) in [7, 11) is 0. The third-order valence-corrected chi connectivity index (χ3v) is 12.5. The third-order valence-electron chi connectivity index (χ3n) is 12.5. The maximum absolute atomic E-state index is 13.6. The van der Waals surface area contributed by atoms with Gasteiger partial charge in [0.25, 0.3) is 0 Å². The number of fused-ring (bicyclic) bond motifs is 5. The molecule has 3 fully saturated rings. The average molecular weight is 616 g/mol. The van der Waals surface area contributed by atoms with E-state index in [1.165, 1.54) is 61.8 Å². The van der Waals surface area contributed by atoms with Crippen LogP contribution in [-0.4, -0.2) is 41.7 Å². The van der Waals surface area contributed by atoms with E-state index in [2.05, 4.69) is 51.0 Å². The summed E-state index contributed by atoms with van der Waals surface area (Å²) in [6.07, 6.45) is 13.7. The van der Waals surface area contributed by atoms with Crippen LogP contribution in [0, 0.1) is 46.3 Å². The van der Waals surface area contributed by atoms with Crippen LogP contribution in [0.4, 0.5) is 4.79 Å². The predicted octanol–water partition coefficient (Wildman–Crippen LogP) is 5.98. The van der Waals surface area contributed by atoms with Gasteiger partial charge in [-0.05, 0) is 105 Å². The first kappa shape index (κ1) is 35.3. The molecule has 9 atom stereocenters. The van der Waals surface area contributed by atoms with Crippen molar-refractivity contribution in [3.63, 3.8) is 0 Å². The molecule has 0 aliphatic heterocycles. The number of allylic oxidation sites excluding steroid dienone is 1. The number of rotatable bonds is 11. The normalized spacial score (nSPS) is 35.2. The number of nitrogens with zero attached hydrogens (tertiary/aromatic N) is 2. The minimum Gasteiger partial charge on any atom is -0.445 e. The lowest BCUT2D eigenvalue weighted by Gasteiger charge is -2.58. The van der Waals surface area contributed by atoms with Crippen LogP contribution in [0.1, 0.15) is 126 Å². The van der Waals surface area contributed by atoms with Crippen LogP contribution in [0.25, 0.3) is 0 Å². The first-order valence-electron chi connectivity index (χ1n) is 17.7. The van der Waals surface area contributed by atoms with Gasteiger partial charge in [-0.25, -0.2) is 14.7 Å². The van der Waals surface area contributed by atoms with Crippen LogP contribution in [0.3, 0.4) is 0 Å². The first-order valence-corrected chi connectivity index (χ1v) is 17.7. The number of amidine groups is 1. The molecule has 44 heavy (non-hydrogen) atoms. The van der Waals surface area contributed by atoms with Crippen LogP contribution >= 0.6 is 0 Å². The number of amides is 1. The lowest BCUT2D eigenvalue weighted by Crippen LogP contribution is -2.59. The van der Waals surface area contributed by atoms with Gasteiger partial charge < -0.3 is 16.2 Å². The molecule has 9 heteroatoms. The zero-order valence-corrected chi connectivity index (χ0v) is 28.9. The zero-order valence-electron chi connectivity index (χ0n) is 28.9. The molecule has 0 saturated heterocycles. The van der Waals surface area contributed by atoms with Gasteiger partial charge in [0.1, 0.15) is 18.2 Å². The summed E-state index contributed by atoms with van der Waals surface area (Å²) in [4.78, 5) is 19.3. The van der Waals surface area contributed by atoms with Gasteiger partial charge in [-0.1, -0.05) is 72.5 Å². The molecule has 3 saturated carbocycles. The summed E-state index contributed by atoms with van der Waals surface area (Å²) in [6.45, 7) is 16.1. The summed E-state index contributed by atoms with van der Waals surface area (Å²) < 4.78 is 6.19. The second-order valence-electron chi connectivity index (χ2n) is 15.7. The minimum atomic E-state index is -0.939. The molecule has 9 nitrogen and oxygen atoms in total. The van der Waals surface area contributed by atoms with E-state index in [0.717, 1.165) is 54.8 Å². The molecule has 0 aromatic rings. The van der Waals surface area contributed by atoms with E-state index in [-0.39, 0.29) is 11.5 Å². The van der Waals surface area contributed by atoms with E-state index in [9.17, 15) is 4.79 Å². The van der Waals surface area contributed by atoms with Crippen LogP contribution in [0.5, 0.6) is 0 Å². The van der Waals surface area contributed by atoms with Gasteiger partial charge in [-0.3, -0.25) is 16.8 Å². The fourth-order valence-corrected chi connectivity index (χ4v) is 10.3. The fourth-order valence-electron chi connectivity index (χ4n) is 10.3. The molecular formula is C35H65N7O2. The predicted molar refractivity (Wildman–Crippen MR) is 180 cm³/mol. The standard InChI is InChI=1S/C35H65N7O2/c1-8-30(41-32(38)39)42(23(5)40-31(36)37)33(43)44-25-16-18-34(6)24(20-25)12-13-26-28-15-14-27(22(4)11-9-10-21(2)3)35(28,7)19-17-29(26)34/h12,21-22,25-32,41H,8-11,13-20,36-39H2,1-7H3. The molecule has 9 unspecified atom stereocenters. The Bertz CT molecular complexity index is 1040. The first-order chi connectivity index (χ1) is 20.7. The molecule has 0 radical (unpaired) electrons. The van der Waals surface area contributed by atoms with Gasteiger partial charge in [0, 0.05) is 6.42 Å². The van der Waals surface area contributed by atoms with E-state index in [1.54, 1.807) is 6.92 Å². The summed E-state index contributed by atoms with van der Waals surface area (Å²) in [6, 6.07) is 0. The Balaban J connectivity index is 1.45. The van der Waals surface area contributed by atoms with Crippen molar-refractivity contribution in [1.82, 2.24) is 10.2 Å². The molecule has 4 rings (SSSR count). The number of carbonyl (C=O) groups excluding carboxylic acids is 1. The van der Waals surface area contributed by atoms with Crippen molar-refractivity contribution < 1.29 is 9.53 Å². The van der Waals surface area contributed by atoms with E-state index in [1.807, 2.05) is 6.92 Å². The summed E-state index contributed by atoms with van der Waals surface area (Å²) in [5.41, 5.74) is 25.3. The molecule has 0 aromatic heterocycles. The van der Waals surface area contributed by atoms with Crippen molar-refractivity contribution in [2.75, 3.05) is 0 Å². The smallest absolute Gasteiger partial charge is 0.416 e. The van der Waals surface area contributed by atoms with Crippen molar-refractivity contribution in [2.45, 2.75) is 150 Å². The molecule has 1 amide bonds. The van der Waals surface area contributed by atoms with Crippen molar-refractivity contribution in [3.8, 4) is 0 Å². The minimum absolute atomic E-state index is 0.180. The Morgan fingerprint density at radius 3 is 2.43 bits per heavy atom. The Labute approximate surface area is 267 Å². The average Bonchev–Trinajstić information content (AvgIpc) is 3.29. The van der Waals surface area contributed by atoms with Crippen LogP contribution in [-0.2, 0) is 4.74 Å². The molecule has 0 heterocycles. The molecule has 4 aliphatic rings. The van der Waals surface area contributed by atoms with Crippen molar-refractivity contribution in [2.24, 2.45) is 74.3 Å². The summed E-state index contributed by atoms with van der Waals surface area (Å²) in [5, 5.41) is 3.04. The van der Waals surface area contributed by atoms with Gasteiger partial charge in [0.2, 0.25) is 0 Å². The van der Waals surface area contributed by atoms with E-state index in [4.69, 9.17) is 27.7 Å². The summed E-state index contributed by atoms with van der Waals surface area (Å²) >= 11 is 0. The van der Waals surface area contributed by atoms with Crippen LogP contribution < -0.4 is 28.3 Å². The van der Waals surface area contributed by atoms with Crippen molar-refractivity contribution >= 4 is 11.9 Å². The highest BCUT2D eigenvalue weighted by Crippen LogP contribution is 2.67. The molecule has 9 N–H and O–H groups in total. The van der Waals surface area contributed by atoms with Crippen LogP contribution in [0.15, 0.2) is 16.6 Å². The molecule has 0 spiro atoms. The molecular weight excluding hydrogens is 550 g/mol. The number of aliphatic imine (C=N–C) groups is 1. The fraction of sp³-hybridized carbons (Fsp3) is 0.886. The monoisotopic (exact) mass is 616 g/mol.